The molecule has 1 aliphatic carbocycles. The van der Waals surface area contributed by atoms with Crippen molar-refractivity contribution >= 4 is 17.5 Å². The summed E-state index contributed by atoms with van der Waals surface area (Å²) in [5, 5.41) is 6.03. The van der Waals surface area contributed by atoms with Crippen LogP contribution in [0.2, 0.25) is 0 Å². The molecule has 1 saturated carbocycles. The standard InChI is InChI=1S/C18H25N3O3/c1-24-16-5-3-2-4-15(16)20-17(22)12-21-10-8-14(9-11-21)19-18(23)13-6-7-13/h2-5,13-14H,6-12H2,1H3,(H,19,23)(H,20,22). The second-order valence-electron chi connectivity index (χ2n) is 6.58. The Morgan fingerprint density at radius 2 is 1.88 bits per heavy atom. The van der Waals surface area contributed by atoms with Crippen molar-refractivity contribution in [3.8, 4) is 5.75 Å². The van der Waals surface area contributed by atoms with Crippen LogP contribution in [0, 0.1) is 5.92 Å². The molecule has 1 aromatic carbocycles. The van der Waals surface area contributed by atoms with Gasteiger partial charge in [0, 0.05) is 25.0 Å². The van der Waals surface area contributed by atoms with Crippen LogP contribution >= 0.6 is 0 Å². The molecule has 0 spiro atoms. The Morgan fingerprint density at radius 1 is 1.17 bits per heavy atom. The molecule has 130 valence electrons. The van der Waals surface area contributed by atoms with Crippen molar-refractivity contribution in [3.05, 3.63) is 24.3 Å². The van der Waals surface area contributed by atoms with Gasteiger partial charge in [0.05, 0.1) is 19.3 Å². The van der Waals surface area contributed by atoms with Crippen LogP contribution in [0.4, 0.5) is 5.69 Å². The summed E-state index contributed by atoms with van der Waals surface area (Å²) in [4.78, 5) is 26.2. The van der Waals surface area contributed by atoms with Gasteiger partial charge in [-0.3, -0.25) is 14.5 Å². The van der Waals surface area contributed by atoms with Crippen molar-refractivity contribution in [3.63, 3.8) is 0 Å². The van der Waals surface area contributed by atoms with Gasteiger partial charge in [-0.25, -0.2) is 0 Å². The molecule has 0 aromatic heterocycles. The topological polar surface area (TPSA) is 70.7 Å². The smallest absolute Gasteiger partial charge is 0.238 e. The molecule has 1 heterocycles. The molecule has 0 atom stereocenters. The first-order valence-electron chi connectivity index (χ1n) is 8.61. The van der Waals surface area contributed by atoms with E-state index in [0.717, 1.165) is 38.8 Å². The molecule has 0 radical (unpaired) electrons. The second kappa shape index (κ2) is 7.66. The van der Waals surface area contributed by atoms with E-state index >= 15 is 0 Å². The highest BCUT2D eigenvalue weighted by Crippen LogP contribution is 2.29. The SMILES string of the molecule is COc1ccccc1NC(=O)CN1CCC(NC(=O)C2CC2)CC1. The van der Waals surface area contributed by atoms with E-state index in [0.29, 0.717) is 18.0 Å². The third kappa shape index (κ3) is 4.47. The molecule has 0 bridgehead atoms. The molecular weight excluding hydrogens is 306 g/mol. The molecule has 1 aromatic rings. The number of piperidine rings is 1. The maximum absolute atomic E-state index is 12.2. The average molecular weight is 331 g/mol. The number of likely N-dealkylation sites (tertiary alicyclic amines) is 1. The van der Waals surface area contributed by atoms with Gasteiger partial charge in [0.15, 0.2) is 0 Å². The lowest BCUT2D eigenvalue weighted by atomic mass is 10.0. The van der Waals surface area contributed by atoms with Crippen molar-refractivity contribution in [2.45, 2.75) is 31.7 Å². The highest BCUT2D eigenvalue weighted by Gasteiger charge is 2.31. The minimum Gasteiger partial charge on any atom is -0.495 e. The lowest BCUT2D eigenvalue weighted by molar-refractivity contribution is -0.123. The van der Waals surface area contributed by atoms with Gasteiger partial charge in [0.1, 0.15) is 5.75 Å². The summed E-state index contributed by atoms with van der Waals surface area (Å²) in [6, 6.07) is 7.65. The number of amides is 2. The Labute approximate surface area is 142 Å². The molecule has 6 nitrogen and oxygen atoms in total. The Bertz CT molecular complexity index is 593. The first-order chi connectivity index (χ1) is 11.7. The first-order valence-corrected chi connectivity index (χ1v) is 8.61. The zero-order valence-corrected chi connectivity index (χ0v) is 14.1. The van der Waals surface area contributed by atoms with Gasteiger partial charge >= 0.3 is 0 Å². The summed E-state index contributed by atoms with van der Waals surface area (Å²) < 4.78 is 5.24. The predicted molar refractivity (Wildman–Crippen MR) is 92.0 cm³/mol. The van der Waals surface area contributed by atoms with Gasteiger partial charge < -0.3 is 15.4 Å². The molecule has 1 aliphatic heterocycles. The number of carbonyl (C=O) groups is 2. The lowest BCUT2D eigenvalue weighted by Crippen LogP contribution is -2.46. The van der Waals surface area contributed by atoms with E-state index in [2.05, 4.69) is 15.5 Å². The van der Waals surface area contributed by atoms with Crippen LogP contribution in [0.15, 0.2) is 24.3 Å². The maximum atomic E-state index is 12.2. The fourth-order valence-electron chi connectivity index (χ4n) is 3.04. The molecular formula is C18H25N3O3. The number of anilines is 1. The molecule has 1 saturated heterocycles. The zero-order chi connectivity index (χ0) is 16.9. The van der Waals surface area contributed by atoms with Crippen molar-refractivity contribution < 1.29 is 14.3 Å². The molecule has 6 heteroatoms. The van der Waals surface area contributed by atoms with Crippen molar-refractivity contribution in [1.29, 1.82) is 0 Å². The average Bonchev–Trinajstić information content (AvgIpc) is 3.42. The first kappa shape index (κ1) is 16.8. The predicted octanol–water partition coefficient (Wildman–Crippen LogP) is 1.62. The van der Waals surface area contributed by atoms with Gasteiger partial charge in [-0.1, -0.05) is 12.1 Å². The van der Waals surface area contributed by atoms with E-state index in [4.69, 9.17) is 4.74 Å². The number of nitrogens with zero attached hydrogens (tertiary/aromatic N) is 1. The summed E-state index contributed by atoms with van der Waals surface area (Å²) in [6.45, 7) is 2.02. The number of para-hydroxylation sites is 2. The summed E-state index contributed by atoms with van der Waals surface area (Å²) >= 11 is 0. The zero-order valence-electron chi connectivity index (χ0n) is 14.1. The third-order valence-electron chi connectivity index (χ3n) is 4.63. The Morgan fingerprint density at radius 3 is 2.54 bits per heavy atom. The van der Waals surface area contributed by atoms with Crippen LogP contribution < -0.4 is 15.4 Å². The molecule has 0 unspecified atom stereocenters. The Balaban J connectivity index is 1.42. The number of ether oxygens (including phenoxy) is 1. The van der Waals surface area contributed by atoms with Gasteiger partial charge in [-0.2, -0.15) is 0 Å². The molecule has 24 heavy (non-hydrogen) atoms. The van der Waals surface area contributed by atoms with E-state index in [9.17, 15) is 9.59 Å². The molecule has 2 amide bonds. The number of hydrogen-bond donors (Lipinski definition) is 2. The van der Waals surface area contributed by atoms with Crippen molar-refractivity contribution in [2.75, 3.05) is 32.1 Å². The number of carbonyl (C=O) groups excluding carboxylic acids is 2. The van der Waals surface area contributed by atoms with E-state index in [1.807, 2.05) is 24.3 Å². The number of nitrogens with one attached hydrogen (secondary N) is 2. The third-order valence-corrected chi connectivity index (χ3v) is 4.63. The van der Waals surface area contributed by atoms with E-state index in [-0.39, 0.29) is 23.8 Å². The van der Waals surface area contributed by atoms with E-state index in [1.54, 1.807) is 7.11 Å². The maximum Gasteiger partial charge on any atom is 0.238 e. The molecule has 2 fully saturated rings. The van der Waals surface area contributed by atoms with Crippen LogP contribution in [0.25, 0.3) is 0 Å². The lowest BCUT2D eigenvalue weighted by Gasteiger charge is -2.31. The fraction of sp³-hybridized carbons (Fsp3) is 0.556. The van der Waals surface area contributed by atoms with Crippen molar-refractivity contribution in [2.24, 2.45) is 5.92 Å². The minimum absolute atomic E-state index is 0.0417. The Kier molecular flexibility index (Phi) is 5.35. The summed E-state index contributed by atoms with van der Waals surface area (Å²) in [7, 11) is 1.59. The highest BCUT2D eigenvalue weighted by atomic mass is 16.5. The quantitative estimate of drug-likeness (QED) is 0.831. The molecule has 2 N–H and O–H groups in total. The highest BCUT2D eigenvalue weighted by molar-refractivity contribution is 5.93. The van der Waals surface area contributed by atoms with Crippen LogP contribution in [-0.2, 0) is 9.59 Å². The van der Waals surface area contributed by atoms with Crippen LogP contribution in [-0.4, -0.2) is 49.5 Å². The number of hydrogen-bond acceptors (Lipinski definition) is 4. The van der Waals surface area contributed by atoms with E-state index in [1.165, 1.54) is 0 Å². The van der Waals surface area contributed by atoms with Gasteiger partial charge in [-0.15, -0.1) is 0 Å². The number of rotatable bonds is 6. The largest absolute Gasteiger partial charge is 0.495 e. The number of benzene rings is 1. The number of methoxy groups -OCH3 is 1. The monoisotopic (exact) mass is 331 g/mol. The van der Waals surface area contributed by atoms with Crippen molar-refractivity contribution in [1.82, 2.24) is 10.2 Å². The molecule has 3 rings (SSSR count). The summed E-state index contributed by atoms with van der Waals surface area (Å²) in [6.07, 6.45) is 3.88. The fourth-order valence-corrected chi connectivity index (χ4v) is 3.04. The second-order valence-corrected chi connectivity index (χ2v) is 6.58. The van der Waals surface area contributed by atoms with Gasteiger partial charge in [0.2, 0.25) is 11.8 Å². The van der Waals surface area contributed by atoms with Gasteiger partial charge in [-0.05, 0) is 37.8 Å². The van der Waals surface area contributed by atoms with E-state index < -0.39 is 0 Å². The van der Waals surface area contributed by atoms with Gasteiger partial charge in [0.25, 0.3) is 0 Å². The summed E-state index contributed by atoms with van der Waals surface area (Å²) in [5.74, 6) is 1.09. The summed E-state index contributed by atoms with van der Waals surface area (Å²) in [5.41, 5.74) is 0.691. The van der Waals surface area contributed by atoms with Crippen LogP contribution in [0.3, 0.4) is 0 Å². The minimum atomic E-state index is -0.0417. The van der Waals surface area contributed by atoms with Crippen LogP contribution in [0.1, 0.15) is 25.7 Å². The normalized spacial score (nSPS) is 18.9. The molecule has 2 aliphatic rings. The van der Waals surface area contributed by atoms with Crippen LogP contribution in [0.5, 0.6) is 5.75 Å². The Hall–Kier alpha value is -2.08.